The van der Waals surface area contributed by atoms with Crippen LogP contribution in [-0.2, 0) is 0 Å². The summed E-state index contributed by atoms with van der Waals surface area (Å²) in [4.78, 5) is 5.16. The molecule has 0 saturated carbocycles. The summed E-state index contributed by atoms with van der Waals surface area (Å²) in [5, 5.41) is 8.71. The molecule has 10 rings (SSSR count). The van der Waals surface area contributed by atoms with E-state index in [0.717, 1.165) is 50.3 Å². The summed E-state index contributed by atoms with van der Waals surface area (Å²) >= 11 is 0. The van der Waals surface area contributed by atoms with Crippen molar-refractivity contribution in [2.75, 3.05) is 0 Å². The molecule has 0 bridgehead atoms. The highest BCUT2D eigenvalue weighted by Gasteiger charge is 2.22. The van der Waals surface area contributed by atoms with Crippen molar-refractivity contribution < 1.29 is 4.42 Å². The van der Waals surface area contributed by atoms with E-state index < -0.39 is 0 Å². The van der Waals surface area contributed by atoms with Crippen molar-refractivity contribution in [2.24, 2.45) is 0 Å². The molecule has 43 heavy (non-hydrogen) atoms. The van der Waals surface area contributed by atoms with Crippen molar-refractivity contribution in [1.82, 2.24) is 14.0 Å². The number of para-hydroxylation sites is 2. The van der Waals surface area contributed by atoms with Crippen molar-refractivity contribution in [1.29, 1.82) is 0 Å². The van der Waals surface area contributed by atoms with Gasteiger partial charge in [-0.25, -0.2) is 9.38 Å². The molecule has 0 radical (unpaired) electrons. The second-order valence-electron chi connectivity index (χ2n) is 11.2. The Morgan fingerprint density at radius 2 is 1.05 bits per heavy atom. The Morgan fingerprint density at radius 1 is 0.465 bits per heavy atom. The normalized spacial score (nSPS) is 12.2. The summed E-state index contributed by atoms with van der Waals surface area (Å²) in [5.41, 5.74) is 8.05. The second kappa shape index (κ2) is 8.34. The number of benzene rings is 7. The SMILES string of the molecule is c1ccc(-n2c3cc(-c4ccc5c6ccccc6c6ccccc6c5c4)ccc3n3c4oc5ccccc5c4nc23)cc1. The lowest BCUT2D eigenvalue weighted by Crippen LogP contribution is -1.94. The Hall–Kier alpha value is -5.87. The number of nitrogens with zero attached hydrogens (tertiary/aromatic N) is 3. The van der Waals surface area contributed by atoms with Crippen LogP contribution in [0.5, 0.6) is 0 Å². The van der Waals surface area contributed by atoms with Gasteiger partial charge in [0.25, 0.3) is 0 Å². The van der Waals surface area contributed by atoms with Gasteiger partial charge < -0.3 is 4.42 Å². The maximum atomic E-state index is 6.39. The third-order valence-electron chi connectivity index (χ3n) is 8.92. The van der Waals surface area contributed by atoms with Gasteiger partial charge in [-0.1, -0.05) is 97.1 Å². The monoisotopic (exact) mass is 549 g/mol. The van der Waals surface area contributed by atoms with Crippen LogP contribution in [0.15, 0.2) is 144 Å². The van der Waals surface area contributed by atoms with E-state index in [0.29, 0.717) is 0 Å². The number of aromatic nitrogens is 3. The van der Waals surface area contributed by atoms with E-state index >= 15 is 0 Å². The van der Waals surface area contributed by atoms with E-state index in [1.54, 1.807) is 0 Å². The summed E-state index contributed by atoms with van der Waals surface area (Å²) in [5.74, 6) is 0.842. The third kappa shape index (κ3) is 3.07. The molecule has 0 amide bonds. The summed E-state index contributed by atoms with van der Waals surface area (Å²) in [6, 6.07) is 49.6. The van der Waals surface area contributed by atoms with Gasteiger partial charge in [-0.15, -0.1) is 0 Å². The van der Waals surface area contributed by atoms with Crippen LogP contribution in [0.1, 0.15) is 0 Å². The average molecular weight is 550 g/mol. The third-order valence-corrected chi connectivity index (χ3v) is 8.92. The van der Waals surface area contributed by atoms with E-state index in [-0.39, 0.29) is 0 Å². The Labute approximate surface area is 245 Å². The zero-order valence-corrected chi connectivity index (χ0v) is 23.0. The molecular formula is C39H23N3O. The first-order valence-electron chi connectivity index (χ1n) is 14.6. The lowest BCUT2D eigenvalue weighted by molar-refractivity contribution is 0.651. The Balaban J connectivity index is 1.27. The average Bonchev–Trinajstić information content (AvgIpc) is 3.71. The fraction of sp³-hybridized carbons (Fsp3) is 0. The number of rotatable bonds is 2. The molecule has 3 heterocycles. The van der Waals surface area contributed by atoms with Gasteiger partial charge in [-0.2, -0.15) is 0 Å². The highest BCUT2D eigenvalue weighted by Crippen LogP contribution is 2.39. The molecule has 0 fully saturated rings. The molecule has 0 saturated heterocycles. The first-order chi connectivity index (χ1) is 21.3. The second-order valence-corrected chi connectivity index (χ2v) is 11.2. The first-order valence-corrected chi connectivity index (χ1v) is 14.6. The summed E-state index contributed by atoms with van der Waals surface area (Å²) in [6.45, 7) is 0. The van der Waals surface area contributed by atoms with Gasteiger partial charge >= 0.3 is 0 Å². The predicted molar refractivity (Wildman–Crippen MR) is 177 cm³/mol. The van der Waals surface area contributed by atoms with Gasteiger partial charge in [0.2, 0.25) is 11.5 Å². The van der Waals surface area contributed by atoms with Gasteiger partial charge in [0, 0.05) is 11.1 Å². The minimum absolute atomic E-state index is 0.771. The molecule has 0 N–H and O–H groups in total. The number of hydrogen-bond acceptors (Lipinski definition) is 2. The van der Waals surface area contributed by atoms with Gasteiger partial charge in [0.1, 0.15) is 11.1 Å². The molecule has 200 valence electrons. The smallest absolute Gasteiger partial charge is 0.234 e. The van der Waals surface area contributed by atoms with Gasteiger partial charge in [0.05, 0.1) is 11.0 Å². The quantitative estimate of drug-likeness (QED) is 0.201. The molecule has 4 nitrogen and oxygen atoms in total. The van der Waals surface area contributed by atoms with Gasteiger partial charge in [-0.3, -0.25) is 4.57 Å². The number of furan rings is 1. The molecule has 0 atom stereocenters. The molecule has 0 aliphatic carbocycles. The van der Waals surface area contributed by atoms with Crippen molar-refractivity contribution in [3.8, 4) is 16.8 Å². The van der Waals surface area contributed by atoms with Gasteiger partial charge in [0.15, 0.2) is 0 Å². The zero-order chi connectivity index (χ0) is 28.1. The molecule has 0 aliphatic rings. The lowest BCUT2D eigenvalue weighted by Gasteiger charge is -2.12. The van der Waals surface area contributed by atoms with Crippen LogP contribution in [0.2, 0.25) is 0 Å². The van der Waals surface area contributed by atoms with Crippen LogP contribution < -0.4 is 0 Å². The zero-order valence-electron chi connectivity index (χ0n) is 23.0. The lowest BCUT2D eigenvalue weighted by atomic mass is 9.92. The van der Waals surface area contributed by atoms with Crippen molar-refractivity contribution >= 4 is 71.3 Å². The molecule has 4 heteroatoms. The first kappa shape index (κ1) is 22.8. The van der Waals surface area contributed by atoms with E-state index in [9.17, 15) is 0 Å². The standard InChI is InChI=1S/C39H23N3O/c1-2-10-26(11-3-1)41-35-23-25(19-21-34(35)42-38-37(40-39(41)42)32-16-8-9-17-36(32)43-38)24-18-20-31-29-14-5-4-12-27(29)28-13-6-7-15-30(28)33(31)22-24/h1-23H. The van der Waals surface area contributed by atoms with Gasteiger partial charge in [-0.05, 0) is 85.9 Å². The fourth-order valence-electron chi connectivity index (χ4n) is 6.98. The Morgan fingerprint density at radius 3 is 1.79 bits per heavy atom. The van der Waals surface area contributed by atoms with Crippen LogP contribution in [0.4, 0.5) is 0 Å². The van der Waals surface area contributed by atoms with Crippen LogP contribution in [0.3, 0.4) is 0 Å². The maximum Gasteiger partial charge on any atom is 0.234 e. The highest BCUT2D eigenvalue weighted by molar-refractivity contribution is 6.25. The molecule has 3 aromatic heterocycles. The van der Waals surface area contributed by atoms with Crippen LogP contribution in [0, 0.1) is 0 Å². The minimum atomic E-state index is 0.771. The Kier molecular flexibility index (Phi) is 4.42. The van der Waals surface area contributed by atoms with Crippen molar-refractivity contribution in [2.45, 2.75) is 0 Å². The summed E-state index contributed by atoms with van der Waals surface area (Å²) < 4.78 is 10.8. The van der Waals surface area contributed by atoms with E-state index in [2.05, 4.69) is 124 Å². The largest absolute Gasteiger partial charge is 0.437 e. The highest BCUT2D eigenvalue weighted by atomic mass is 16.3. The molecular weight excluding hydrogens is 526 g/mol. The minimum Gasteiger partial charge on any atom is -0.437 e. The van der Waals surface area contributed by atoms with Crippen molar-refractivity contribution in [3.63, 3.8) is 0 Å². The molecule has 0 aliphatic heterocycles. The number of hydrogen-bond donors (Lipinski definition) is 0. The predicted octanol–water partition coefficient (Wildman–Crippen LogP) is 10.3. The molecule has 10 aromatic rings. The topological polar surface area (TPSA) is 35.4 Å². The summed E-state index contributed by atoms with van der Waals surface area (Å²) in [6.07, 6.45) is 0. The van der Waals surface area contributed by atoms with E-state index in [1.807, 2.05) is 24.3 Å². The number of fused-ring (bicyclic) bond motifs is 13. The Bertz CT molecular complexity index is 2690. The number of imidazole rings is 2. The van der Waals surface area contributed by atoms with Crippen LogP contribution >= 0.6 is 0 Å². The van der Waals surface area contributed by atoms with E-state index in [4.69, 9.17) is 9.40 Å². The fourth-order valence-corrected chi connectivity index (χ4v) is 6.98. The molecule has 7 aromatic carbocycles. The summed E-state index contributed by atoms with van der Waals surface area (Å²) in [7, 11) is 0. The molecule has 0 unspecified atom stereocenters. The van der Waals surface area contributed by atoms with Crippen LogP contribution in [-0.4, -0.2) is 14.0 Å². The molecule has 0 spiro atoms. The maximum absolute atomic E-state index is 6.39. The van der Waals surface area contributed by atoms with Crippen LogP contribution in [0.25, 0.3) is 88.1 Å². The van der Waals surface area contributed by atoms with Crippen molar-refractivity contribution in [3.05, 3.63) is 140 Å². The van der Waals surface area contributed by atoms with E-state index in [1.165, 1.54) is 37.9 Å².